The third-order valence-corrected chi connectivity index (χ3v) is 4.98. The molecular weight excluding hydrogens is 398 g/mol. The van der Waals surface area contributed by atoms with Crippen molar-refractivity contribution in [2.45, 2.75) is 26.7 Å². The molecule has 4 aromatic rings. The minimum atomic E-state index is -0.430. The molecule has 0 fully saturated rings. The lowest BCUT2D eigenvalue weighted by molar-refractivity contribution is -0.118. The molecule has 0 saturated carbocycles. The maximum absolute atomic E-state index is 12.4. The van der Waals surface area contributed by atoms with Crippen LogP contribution in [0.3, 0.4) is 0 Å². The Morgan fingerprint density at radius 2 is 1.84 bits per heavy atom. The van der Waals surface area contributed by atoms with E-state index in [0.29, 0.717) is 33.6 Å². The maximum atomic E-state index is 12.4. The number of ether oxygens (including phenoxy) is 1. The fraction of sp³-hybridized carbons (Fsp3) is 0.208. The zero-order valence-electron chi connectivity index (χ0n) is 17.2. The Hall–Kier alpha value is -3.87. The second kappa shape index (κ2) is 8.47. The van der Waals surface area contributed by atoms with E-state index < -0.39 is 11.3 Å². The highest BCUT2D eigenvalue weighted by Crippen LogP contribution is 2.29. The van der Waals surface area contributed by atoms with Crippen LogP contribution < -0.4 is 21.3 Å². The topological polar surface area (TPSA) is 98.8 Å². The molecule has 0 unspecified atom stereocenters. The fourth-order valence-electron chi connectivity index (χ4n) is 3.53. The molecule has 0 saturated heterocycles. The maximum Gasteiger partial charge on any atom is 0.336 e. The summed E-state index contributed by atoms with van der Waals surface area (Å²) in [6.07, 6.45) is 1.69. The number of carbonyl (C=O) groups is 1. The Bertz CT molecular complexity index is 1400. The molecule has 2 heterocycles. The molecule has 0 radical (unpaired) electrons. The summed E-state index contributed by atoms with van der Waals surface area (Å²) in [5.41, 5.74) is 2.25. The SMILES string of the molecule is CCCc1cc(=O)oc2c(C)c(OCC(=O)Nc3ccc4oc(=O)ccc4c3)ccc12. The van der Waals surface area contributed by atoms with Crippen molar-refractivity contribution in [3.8, 4) is 5.75 Å². The van der Waals surface area contributed by atoms with Gasteiger partial charge in [0.2, 0.25) is 0 Å². The van der Waals surface area contributed by atoms with Crippen molar-refractivity contribution in [1.82, 2.24) is 0 Å². The van der Waals surface area contributed by atoms with Crippen LogP contribution in [0.15, 0.2) is 67.0 Å². The number of benzene rings is 2. The van der Waals surface area contributed by atoms with Crippen molar-refractivity contribution >= 4 is 33.5 Å². The van der Waals surface area contributed by atoms with Crippen molar-refractivity contribution in [2.24, 2.45) is 0 Å². The molecule has 0 atom stereocenters. The van der Waals surface area contributed by atoms with Gasteiger partial charge in [-0.3, -0.25) is 4.79 Å². The average molecular weight is 419 g/mol. The normalized spacial score (nSPS) is 11.0. The van der Waals surface area contributed by atoms with Crippen LogP contribution in [0.25, 0.3) is 21.9 Å². The Balaban J connectivity index is 1.50. The number of rotatable bonds is 6. The third-order valence-electron chi connectivity index (χ3n) is 4.98. The molecule has 1 N–H and O–H groups in total. The van der Waals surface area contributed by atoms with Crippen molar-refractivity contribution in [3.05, 3.63) is 80.5 Å². The van der Waals surface area contributed by atoms with Gasteiger partial charge in [-0.25, -0.2) is 9.59 Å². The summed E-state index contributed by atoms with van der Waals surface area (Å²) in [5.74, 6) is 0.122. The highest BCUT2D eigenvalue weighted by Gasteiger charge is 2.13. The number of hydrogen-bond acceptors (Lipinski definition) is 6. The first kappa shape index (κ1) is 20.4. The molecule has 0 bridgehead atoms. The molecule has 1 amide bonds. The first-order chi connectivity index (χ1) is 14.9. The fourth-order valence-corrected chi connectivity index (χ4v) is 3.53. The summed E-state index contributed by atoms with van der Waals surface area (Å²) in [6, 6.07) is 13.1. The van der Waals surface area contributed by atoms with Crippen LogP contribution >= 0.6 is 0 Å². The monoisotopic (exact) mass is 419 g/mol. The van der Waals surface area contributed by atoms with E-state index >= 15 is 0 Å². The zero-order valence-corrected chi connectivity index (χ0v) is 17.2. The highest BCUT2D eigenvalue weighted by molar-refractivity contribution is 5.94. The molecule has 7 nitrogen and oxygen atoms in total. The second-order valence-electron chi connectivity index (χ2n) is 7.25. The van der Waals surface area contributed by atoms with Gasteiger partial charge >= 0.3 is 11.3 Å². The quantitative estimate of drug-likeness (QED) is 0.471. The van der Waals surface area contributed by atoms with E-state index in [4.69, 9.17) is 13.6 Å². The predicted octanol–water partition coefficient (Wildman–Crippen LogP) is 4.18. The number of carbonyl (C=O) groups excluding carboxylic acids is 1. The summed E-state index contributed by atoms with van der Waals surface area (Å²) in [7, 11) is 0. The first-order valence-corrected chi connectivity index (χ1v) is 9.97. The lowest BCUT2D eigenvalue weighted by Gasteiger charge is -2.12. The number of fused-ring (bicyclic) bond motifs is 2. The van der Waals surface area contributed by atoms with Crippen LogP contribution in [0.5, 0.6) is 5.75 Å². The van der Waals surface area contributed by atoms with Crippen LogP contribution in [0, 0.1) is 6.92 Å². The molecule has 0 aliphatic carbocycles. The summed E-state index contributed by atoms with van der Waals surface area (Å²) in [4.78, 5) is 35.6. The average Bonchev–Trinajstić information content (AvgIpc) is 2.74. The van der Waals surface area contributed by atoms with E-state index in [9.17, 15) is 14.4 Å². The summed E-state index contributed by atoms with van der Waals surface area (Å²) in [6.45, 7) is 3.63. The largest absolute Gasteiger partial charge is 0.483 e. The van der Waals surface area contributed by atoms with E-state index in [1.54, 1.807) is 37.3 Å². The van der Waals surface area contributed by atoms with Crippen molar-refractivity contribution in [2.75, 3.05) is 11.9 Å². The predicted molar refractivity (Wildman–Crippen MR) is 118 cm³/mol. The lowest BCUT2D eigenvalue weighted by atomic mass is 10.0. The van der Waals surface area contributed by atoms with Crippen LogP contribution in [0.4, 0.5) is 5.69 Å². The van der Waals surface area contributed by atoms with Gasteiger partial charge in [0, 0.05) is 34.2 Å². The molecule has 158 valence electrons. The molecule has 0 spiro atoms. The van der Waals surface area contributed by atoms with E-state index in [1.165, 1.54) is 12.1 Å². The van der Waals surface area contributed by atoms with Crippen molar-refractivity contribution in [1.29, 1.82) is 0 Å². The Morgan fingerprint density at radius 1 is 1.00 bits per heavy atom. The van der Waals surface area contributed by atoms with E-state index in [0.717, 1.165) is 23.8 Å². The Kier molecular flexibility index (Phi) is 5.58. The zero-order chi connectivity index (χ0) is 22.0. The third kappa shape index (κ3) is 4.35. The van der Waals surface area contributed by atoms with Gasteiger partial charge in [0.15, 0.2) is 6.61 Å². The van der Waals surface area contributed by atoms with Crippen molar-refractivity contribution in [3.63, 3.8) is 0 Å². The molecule has 4 rings (SSSR count). The molecule has 0 aliphatic heterocycles. The van der Waals surface area contributed by atoms with Gasteiger partial charge in [-0.1, -0.05) is 13.3 Å². The molecule has 2 aromatic heterocycles. The van der Waals surface area contributed by atoms with Crippen molar-refractivity contribution < 1.29 is 18.4 Å². The van der Waals surface area contributed by atoms with Gasteiger partial charge in [-0.05, 0) is 55.3 Å². The standard InChI is InChI=1S/C24H21NO6/c1-3-4-15-12-23(28)31-24-14(2)19(9-7-18(15)24)29-13-21(26)25-17-6-8-20-16(11-17)5-10-22(27)30-20/h5-12H,3-4,13H2,1-2H3,(H,25,26). The van der Waals surface area contributed by atoms with E-state index in [1.807, 2.05) is 6.07 Å². The number of aryl methyl sites for hydroxylation is 2. The van der Waals surface area contributed by atoms with Gasteiger partial charge < -0.3 is 18.9 Å². The molecule has 2 aromatic carbocycles. The highest BCUT2D eigenvalue weighted by atomic mass is 16.5. The van der Waals surface area contributed by atoms with Crippen LogP contribution in [0.2, 0.25) is 0 Å². The van der Waals surface area contributed by atoms with Gasteiger partial charge in [0.25, 0.3) is 5.91 Å². The Labute approximate surface area is 177 Å². The number of nitrogens with one attached hydrogen (secondary N) is 1. The molecule has 0 aliphatic rings. The van der Waals surface area contributed by atoms with Gasteiger partial charge in [0.05, 0.1) is 0 Å². The number of hydrogen-bond donors (Lipinski definition) is 1. The smallest absolute Gasteiger partial charge is 0.336 e. The molecule has 7 heteroatoms. The summed E-state index contributed by atoms with van der Waals surface area (Å²) in [5, 5.41) is 4.32. The van der Waals surface area contributed by atoms with Crippen LogP contribution in [-0.2, 0) is 11.2 Å². The van der Waals surface area contributed by atoms with Gasteiger partial charge in [-0.15, -0.1) is 0 Å². The van der Waals surface area contributed by atoms with Gasteiger partial charge in [0.1, 0.15) is 16.9 Å². The lowest BCUT2D eigenvalue weighted by Crippen LogP contribution is -2.20. The van der Waals surface area contributed by atoms with Crippen LogP contribution in [-0.4, -0.2) is 12.5 Å². The van der Waals surface area contributed by atoms with Crippen LogP contribution in [0.1, 0.15) is 24.5 Å². The second-order valence-corrected chi connectivity index (χ2v) is 7.25. The van der Waals surface area contributed by atoms with E-state index in [-0.39, 0.29) is 12.5 Å². The van der Waals surface area contributed by atoms with E-state index in [2.05, 4.69) is 12.2 Å². The summed E-state index contributed by atoms with van der Waals surface area (Å²) < 4.78 is 16.2. The first-order valence-electron chi connectivity index (χ1n) is 9.97. The number of anilines is 1. The minimum Gasteiger partial charge on any atom is -0.483 e. The number of amides is 1. The molecular formula is C24H21NO6. The summed E-state index contributed by atoms with van der Waals surface area (Å²) >= 11 is 0. The Morgan fingerprint density at radius 3 is 2.65 bits per heavy atom. The van der Waals surface area contributed by atoms with Gasteiger partial charge in [-0.2, -0.15) is 0 Å². The minimum absolute atomic E-state index is 0.215. The molecule has 31 heavy (non-hydrogen) atoms.